The van der Waals surface area contributed by atoms with Crippen molar-refractivity contribution >= 4 is 5.91 Å². The van der Waals surface area contributed by atoms with Crippen LogP contribution in [0, 0.1) is 34.5 Å². The molecule has 0 saturated heterocycles. The Balaban J connectivity index is 3.09. The molecule has 0 aromatic heterocycles. The van der Waals surface area contributed by atoms with Gasteiger partial charge in [-0.1, -0.05) is 0 Å². The number of benzene rings is 1. The van der Waals surface area contributed by atoms with E-state index >= 15 is 0 Å². The van der Waals surface area contributed by atoms with Gasteiger partial charge in [0.25, 0.3) is 0 Å². The summed E-state index contributed by atoms with van der Waals surface area (Å²) in [5, 5.41) is 0. The van der Waals surface area contributed by atoms with Crippen molar-refractivity contribution in [3.8, 4) is 5.75 Å². The lowest BCUT2D eigenvalue weighted by Crippen LogP contribution is -2.44. The third-order valence-corrected chi connectivity index (χ3v) is 2.49. The Labute approximate surface area is 110 Å². The van der Waals surface area contributed by atoms with Gasteiger partial charge in [-0.15, -0.1) is 0 Å². The molecule has 1 amide bonds. The fraction of sp³-hybridized carbons (Fsp3) is 0.364. The standard InChI is InChI=1S/C11H11F5N2O2/c1-11(2,10(19)18-17)3-20-9-7(15)5(13)4(12)6(14)8(9)16/h3,17H2,1-2H3,(H,18,19). The molecule has 0 aliphatic rings. The summed E-state index contributed by atoms with van der Waals surface area (Å²) in [5.74, 6) is -8.05. The number of carbonyl (C=O) groups is 1. The van der Waals surface area contributed by atoms with E-state index in [2.05, 4.69) is 4.74 Å². The summed E-state index contributed by atoms with van der Waals surface area (Å²) >= 11 is 0. The van der Waals surface area contributed by atoms with E-state index in [9.17, 15) is 26.7 Å². The lowest BCUT2D eigenvalue weighted by Gasteiger charge is -2.22. The van der Waals surface area contributed by atoms with E-state index in [0.29, 0.717) is 0 Å². The van der Waals surface area contributed by atoms with Crippen molar-refractivity contribution in [2.24, 2.45) is 11.3 Å². The fourth-order valence-electron chi connectivity index (χ4n) is 1.22. The van der Waals surface area contributed by atoms with Crippen molar-refractivity contribution < 1.29 is 31.5 Å². The number of halogens is 5. The van der Waals surface area contributed by atoms with Gasteiger partial charge in [0.1, 0.15) is 6.61 Å². The summed E-state index contributed by atoms with van der Waals surface area (Å²) in [6, 6.07) is 0. The Morgan fingerprint density at radius 3 is 1.85 bits per heavy atom. The Kier molecular flexibility index (Phi) is 4.53. The van der Waals surface area contributed by atoms with Crippen LogP contribution in [0.3, 0.4) is 0 Å². The smallest absolute Gasteiger partial charge is 0.242 e. The van der Waals surface area contributed by atoms with Crippen molar-refractivity contribution in [3.05, 3.63) is 29.1 Å². The molecular formula is C11H11F5N2O2. The van der Waals surface area contributed by atoms with Gasteiger partial charge in [0.2, 0.25) is 35.0 Å². The third-order valence-electron chi connectivity index (χ3n) is 2.49. The van der Waals surface area contributed by atoms with Gasteiger partial charge in [-0.2, -0.15) is 8.78 Å². The topological polar surface area (TPSA) is 64.3 Å². The third kappa shape index (κ3) is 2.82. The number of carbonyl (C=O) groups excluding carboxylic acids is 1. The van der Waals surface area contributed by atoms with Crippen LogP contribution in [0.4, 0.5) is 22.0 Å². The van der Waals surface area contributed by atoms with E-state index in [1.165, 1.54) is 13.8 Å². The average Bonchev–Trinajstić information content (AvgIpc) is 2.41. The first kappa shape index (κ1) is 16.2. The maximum Gasteiger partial charge on any atom is 0.242 e. The lowest BCUT2D eigenvalue weighted by atomic mass is 9.94. The number of nitrogens with two attached hydrogens (primary N) is 1. The van der Waals surface area contributed by atoms with Gasteiger partial charge in [0, 0.05) is 0 Å². The molecule has 1 aromatic rings. The maximum absolute atomic E-state index is 13.3. The summed E-state index contributed by atoms with van der Waals surface area (Å²) in [5.41, 5.74) is 0.450. The van der Waals surface area contributed by atoms with Crippen molar-refractivity contribution in [1.29, 1.82) is 0 Å². The fourth-order valence-corrected chi connectivity index (χ4v) is 1.22. The van der Waals surface area contributed by atoms with Gasteiger partial charge in [-0.25, -0.2) is 19.0 Å². The zero-order chi connectivity index (χ0) is 15.7. The molecule has 1 aromatic carbocycles. The highest BCUT2D eigenvalue weighted by molar-refractivity contribution is 5.81. The van der Waals surface area contributed by atoms with Gasteiger partial charge < -0.3 is 4.74 Å². The zero-order valence-electron chi connectivity index (χ0n) is 10.5. The maximum atomic E-state index is 13.3. The second-order valence-corrected chi connectivity index (χ2v) is 4.55. The highest BCUT2D eigenvalue weighted by Crippen LogP contribution is 2.30. The van der Waals surface area contributed by atoms with Crippen molar-refractivity contribution in [1.82, 2.24) is 5.43 Å². The van der Waals surface area contributed by atoms with Crippen LogP contribution in [-0.4, -0.2) is 12.5 Å². The van der Waals surface area contributed by atoms with Crippen LogP contribution in [0.25, 0.3) is 0 Å². The second-order valence-electron chi connectivity index (χ2n) is 4.55. The van der Waals surface area contributed by atoms with Gasteiger partial charge >= 0.3 is 0 Å². The molecule has 0 unspecified atom stereocenters. The number of hydrogen-bond donors (Lipinski definition) is 2. The van der Waals surface area contributed by atoms with E-state index < -0.39 is 52.8 Å². The van der Waals surface area contributed by atoms with Gasteiger partial charge in [0.15, 0.2) is 5.75 Å². The van der Waals surface area contributed by atoms with Crippen LogP contribution >= 0.6 is 0 Å². The minimum Gasteiger partial charge on any atom is -0.486 e. The molecule has 4 nitrogen and oxygen atoms in total. The van der Waals surface area contributed by atoms with Crippen molar-refractivity contribution in [2.75, 3.05) is 6.61 Å². The monoisotopic (exact) mass is 298 g/mol. The molecule has 112 valence electrons. The highest BCUT2D eigenvalue weighted by atomic mass is 19.2. The minimum atomic E-state index is -2.29. The number of ether oxygens (including phenoxy) is 1. The Morgan fingerprint density at radius 2 is 1.45 bits per heavy atom. The van der Waals surface area contributed by atoms with Crippen LogP contribution in [0.2, 0.25) is 0 Å². The van der Waals surface area contributed by atoms with Crippen LogP contribution < -0.4 is 16.0 Å². The molecule has 0 fully saturated rings. The molecule has 0 atom stereocenters. The minimum absolute atomic E-state index is 0.644. The summed E-state index contributed by atoms with van der Waals surface area (Å²) in [6.07, 6.45) is 0. The number of hydrogen-bond acceptors (Lipinski definition) is 3. The molecule has 1 rings (SSSR count). The van der Waals surface area contributed by atoms with Gasteiger partial charge in [-0.3, -0.25) is 10.2 Å². The van der Waals surface area contributed by atoms with Crippen LogP contribution in [0.1, 0.15) is 13.8 Å². The predicted octanol–water partition coefficient (Wildman–Crippen LogP) is 1.78. The van der Waals surface area contributed by atoms with Crippen molar-refractivity contribution in [2.45, 2.75) is 13.8 Å². The van der Waals surface area contributed by atoms with E-state index in [0.717, 1.165) is 0 Å². The van der Waals surface area contributed by atoms with E-state index in [4.69, 9.17) is 5.84 Å². The summed E-state index contributed by atoms with van der Waals surface area (Å²) < 4.78 is 69.7. The molecule has 9 heteroatoms. The molecule has 0 bridgehead atoms. The van der Waals surface area contributed by atoms with E-state index in [1.807, 2.05) is 0 Å². The molecular weight excluding hydrogens is 287 g/mol. The highest BCUT2D eigenvalue weighted by Gasteiger charge is 2.32. The molecule has 0 aliphatic carbocycles. The van der Waals surface area contributed by atoms with E-state index in [1.54, 1.807) is 5.43 Å². The first-order chi connectivity index (χ1) is 9.13. The summed E-state index contributed by atoms with van der Waals surface area (Å²) in [7, 11) is 0. The molecule has 0 heterocycles. The van der Waals surface area contributed by atoms with Crippen LogP contribution in [-0.2, 0) is 4.79 Å². The van der Waals surface area contributed by atoms with Crippen molar-refractivity contribution in [3.63, 3.8) is 0 Å². The average molecular weight is 298 g/mol. The molecule has 0 radical (unpaired) electrons. The van der Waals surface area contributed by atoms with E-state index in [-0.39, 0.29) is 0 Å². The molecule has 20 heavy (non-hydrogen) atoms. The Morgan fingerprint density at radius 1 is 1.05 bits per heavy atom. The second kappa shape index (κ2) is 5.61. The number of hydrazine groups is 1. The quantitative estimate of drug-likeness (QED) is 0.222. The molecule has 0 spiro atoms. The number of nitrogens with one attached hydrogen (secondary N) is 1. The number of amides is 1. The SMILES string of the molecule is CC(C)(COc1c(F)c(F)c(F)c(F)c1F)C(=O)NN. The molecule has 3 N–H and O–H groups in total. The van der Waals surface area contributed by atoms with Crippen LogP contribution in [0.15, 0.2) is 0 Å². The molecule has 0 saturated carbocycles. The summed E-state index contributed by atoms with van der Waals surface area (Å²) in [4.78, 5) is 11.3. The zero-order valence-corrected chi connectivity index (χ0v) is 10.5. The lowest BCUT2D eigenvalue weighted by molar-refractivity contribution is -0.130. The van der Waals surface area contributed by atoms with Crippen LogP contribution in [0.5, 0.6) is 5.75 Å². The Bertz CT molecular complexity index is 519. The Hall–Kier alpha value is -1.90. The normalized spacial score (nSPS) is 11.4. The largest absolute Gasteiger partial charge is 0.486 e. The van der Waals surface area contributed by atoms with Gasteiger partial charge in [-0.05, 0) is 13.8 Å². The van der Waals surface area contributed by atoms with Gasteiger partial charge in [0.05, 0.1) is 5.41 Å². The molecule has 0 aliphatic heterocycles. The first-order valence-corrected chi connectivity index (χ1v) is 5.28. The predicted molar refractivity (Wildman–Crippen MR) is 57.8 cm³/mol. The summed E-state index contributed by atoms with van der Waals surface area (Å²) in [6.45, 7) is 1.97. The number of rotatable bonds is 4. The first-order valence-electron chi connectivity index (χ1n) is 5.28.